The summed E-state index contributed by atoms with van der Waals surface area (Å²) in [7, 11) is 0. The minimum absolute atomic E-state index is 0. The molecule has 0 unspecified atom stereocenters. The van der Waals surface area contributed by atoms with Gasteiger partial charge < -0.3 is 0 Å². The summed E-state index contributed by atoms with van der Waals surface area (Å²) in [6.07, 6.45) is 4.24. The van der Waals surface area contributed by atoms with Gasteiger partial charge in [-0.15, -0.1) is 0 Å². The number of rotatable bonds is 3. The Morgan fingerprint density at radius 3 is 0.889 bits per heavy atom. The van der Waals surface area contributed by atoms with E-state index in [2.05, 4.69) is 84.9 Å². The quantitative estimate of drug-likeness (QED) is 0.287. The Bertz CT molecular complexity index is 820. The maximum atomic E-state index is 2.12. The molecule has 0 bridgehead atoms. The first-order valence-electron chi connectivity index (χ1n) is 8.80. The van der Waals surface area contributed by atoms with Gasteiger partial charge in [0.2, 0.25) is 0 Å². The van der Waals surface area contributed by atoms with Crippen LogP contribution in [-0.4, -0.2) is 29.6 Å². The first-order chi connectivity index (χ1) is 12.9. The van der Waals surface area contributed by atoms with Crippen LogP contribution in [0.25, 0.3) is 23.3 Å². The van der Waals surface area contributed by atoms with Crippen LogP contribution in [0.15, 0.2) is 121 Å². The molecule has 0 saturated carbocycles. The van der Waals surface area contributed by atoms with Crippen LogP contribution in [0.4, 0.5) is 0 Å². The molecular formula is C26H23Na. The van der Waals surface area contributed by atoms with Crippen molar-refractivity contribution in [1.29, 1.82) is 0 Å². The summed E-state index contributed by atoms with van der Waals surface area (Å²) in [6, 6.07) is 41.4. The molecule has 0 aliphatic rings. The molecule has 0 amide bonds. The third kappa shape index (κ3) is 7.40. The zero-order valence-electron chi connectivity index (χ0n) is 14.7. The molecule has 0 nitrogen and oxygen atoms in total. The molecule has 0 heterocycles. The van der Waals surface area contributed by atoms with Crippen LogP contribution in [0.2, 0.25) is 0 Å². The molecular weight excluding hydrogens is 335 g/mol. The summed E-state index contributed by atoms with van der Waals surface area (Å²) in [5, 5.41) is 0. The van der Waals surface area contributed by atoms with Gasteiger partial charge in [0.05, 0.1) is 0 Å². The second-order valence-corrected chi connectivity index (χ2v) is 5.89. The van der Waals surface area contributed by atoms with Crippen LogP contribution in [0, 0.1) is 0 Å². The fourth-order valence-electron chi connectivity index (χ4n) is 2.58. The van der Waals surface area contributed by atoms with Crippen LogP contribution in [0.5, 0.6) is 0 Å². The van der Waals surface area contributed by atoms with Crippen LogP contribution in [-0.2, 0) is 0 Å². The van der Waals surface area contributed by atoms with Crippen molar-refractivity contribution in [2.45, 2.75) is 0 Å². The monoisotopic (exact) mass is 358 g/mol. The van der Waals surface area contributed by atoms with Gasteiger partial charge in [-0.05, 0) is 22.3 Å². The van der Waals surface area contributed by atoms with E-state index >= 15 is 0 Å². The fourth-order valence-corrected chi connectivity index (χ4v) is 2.58. The molecule has 128 valence electrons. The number of benzene rings is 4. The molecule has 4 aromatic rings. The Morgan fingerprint density at radius 2 is 0.593 bits per heavy atom. The third-order valence-corrected chi connectivity index (χ3v) is 3.95. The van der Waals surface area contributed by atoms with E-state index in [-0.39, 0.29) is 29.6 Å². The van der Waals surface area contributed by atoms with Gasteiger partial charge in [-0.3, -0.25) is 0 Å². The van der Waals surface area contributed by atoms with Gasteiger partial charge in [-0.25, -0.2) is 0 Å². The number of hydrogen-bond acceptors (Lipinski definition) is 0. The smallest absolute Gasteiger partial charge is 0.0184 e. The van der Waals surface area contributed by atoms with Gasteiger partial charge in [0.25, 0.3) is 0 Å². The Kier molecular flexibility index (Phi) is 9.37. The van der Waals surface area contributed by atoms with Gasteiger partial charge in [0, 0.05) is 0 Å². The van der Waals surface area contributed by atoms with Gasteiger partial charge in [-0.1, -0.05) is 133 Å². The SMILES string of the molecule is C(=C\c1ccccc1)/c1ccccc1.[NaH].c1ccc(-c2ccccc2)cc1. The van der Waals surface area contributed by atoms with E-state index in [1.165, 1.54) is 22.3 Å². The standard InChI is InChI=1S/C14H12.C12H10.Na.H/c1-3-7-13(8-4-1)11-12-14-9-5-2-6-10-14;1-3-7-11(8-4-1)12-9-5-2-6-10-12;;/h1-12H;1-10H;;/b12-11+;;;. The predicted octanol–water partition coefficient (Wildman–Crippen LogP) is 6.56. The van der Waals surface area contributed by atoms with Crippen LogP contribution >= 0.6 is 0 Å². The van der Waals surface area contributed by atoms with Crippen molar-refractivity contribution in [3.8, 4) is 11.1 Å². The predicted molar refractivity (Wildman–Crippen MR) is 121 cm³/mol. The summed E-state index contributed by atoms with van der Waals surface area (Å²) in [6.45, 7) is 0. The minimum atomic E-state index is 0. The molecule has 0 aliphatic heterocycles. The van der Waals surface area contributed by atoms with Crippen molar-refractivity contribution < 1.29 is 0 Å². The van der Waals surface area contributed by atoms with Crippen LogP contribution in [0.1, 0.15) is 11.1 Å². The van der Waals surface area contributed by atoms with Gasteiger partial charge >= 0.3 is 29.6 Å². The molecule has 27 heavy (non-hydrogen) atoms. The normalized spacial score (nSPS) is 9.78. The summed E-state index contributed by atoms with van der Waals surface area (Å²) in [5.74, 6) is 0. The molecule has 0 aromatic heterocycles. The van der Waals surface area contributed by atoms with Crippen LogP contribution < -0.4 is 0 Å². The van der Waals surface area contributed by atoms with Crippen molar-refractivity contribution >= 4 is 41.7 Å². The van der Waals surface area contributed by atoms with Gasteiger partial charge in [0.15, 0.2) is 0 Å². The maximum absolute atomic E-state index is 2.12. The van der Waals surface area contributed by atoms with Crippen molar-refractivity contribution in [2.24, 2.45) is 0 Å². The summed E-state index contributed by atoms with van der Waals surface area (Å²) in [5.41, 5.74) is 5.02. The van der Waals surface area contributed by atoms with E-state index < -0.39 is 0 Å². The molecule has 4 rings (SSSR count). The molecule has 0 fully saturated rings. The van der Waals surface area contributed by atoms with E-state index in [1.54, 1.807) is 0 Å². The van der Waals surface area contributed by atoms with Crippen molar-refractivity contribution in [2.75, 3.05) is 0 Å². The average Bonchev–Trinajstić information content (AvgIpc) is 2.75. The van der Waals surface area contributed by atoms with E-state index in [4.69, 9.17) is 0 Å². The van der Waals surface area contributed by atoms with Crippen molar-refractivity contribution in [3.63, 3.8) is 0 Å². The molecule has 0 spiro atoms. The molecule has 4 aromatic carbocycles. The molecule has 0 aliphatic carbocycles. The second kappa shape index (κ2) is 12.1. The summed E-state index contributed by atoms with van der Waals surface area (Å²) >= 11 is 0. The first kappa shape index (κ1) is 20.9. The zero-order valence-corrected chi connectivity index (χ0v) is 14.7. The fraction of sp³-hybridized carbons (Fsp3) is 0. The van der Waals surface area contributed by atoms with Gasteiger partial charge in [-0.2, -0.15) is 0 Å². The zero-order chi connectivity index (χ0) is 17.9. The Balaban J connectivity index is 0.000000189. The third-order valence-electron chi connectivity index (χ3n) is 3.95. The number of hydrogen-bond donors (Lipinski definition) is 0. The molecule has 0 N–H and O–H groups in total. The Morgan fingerprint density at radius 1 is 0.333 bits per heavy atom. The first-order valence-corrected chi connectivity index (χ1v) is 8.80. The second-order valence-electron chi connectivity index (χ2n) is 5.89. The molecule has 0 atom stereocenters. The van der Waals surface area contributed by atoms with E-state index in [0.717, 1.165) is 0 Å². The minimum Gasteiger partial charge on any atom is -0.0622 e. The molecule has 0 radical (unpaired) electrons. The Hall–Kier alpha value is -2.38. The summed E-state index contributed by atoms with van der Waals surface area (Å²) < 4.78 is 0. The topological polar surface area (TPSA) is 0 Å². The largest absolute Gasteiger partial charge is 0.0622 e. The van der Waals surface area contributed by atoms with E-state index in [9.17, 15) is 0 Å². The Labute approximate surface area is 184 Å². The average molecular weight is 358 g/mol. The van der Waals surface area contributed by atoms with Crippen LogP contribution in [0.3, 0.4) is 0 Å². The van der Waals surface area contributed by atoms with E-state index in [0.29, 0.717) is 0 Å². The van der Waals surface area contributed by atoms with Crippen molar-refractivity contribution in [3.05, 3.63) is 132 Å². The molecule has 0 saturated heterocycles. The van der Waals surface area contributed by atoms with E-state index in [1.807, 2.05) is 48.5 Å². The van der Waals surface area contributed by atoms with Gasteiger partial charge in [0.1, 0.15) is 0 Å². The van der Waals surface area contributed by atoms with Crippen molar-refractivity contribution in [1.82, 2.24) is 0 Å². The summed E-state index contributed by atoms with van der Waals surface area (Å²) in [4.78, 5) is 0. The maximum Gasteiger partial charge on any atom is -0.0184 e. The molecule has 1 heteroatoms.